The number of rotatable bonds is 7. The second kappa shape index (κ2) is 8.44. The van der Waals surface area contributed by atoms with E-state index in [1.54, 1.807) is 20.3 Å². The molecule has 7 nitrogen and oxygen atoms in total. The van der Waals surface area contributed by atoms with Crippen LogP contribution < -0.4 is 19.7 Å². The van der Waals surface area contributed by atoms with Gasteiger partial charge in [0.1, 0.15) is 17.6 Å². The summed E-state index contributed by atoms with van der Waals surface area (Å²) >= 11 is 0. The molecular weight excluding hydrogens is 348 g/mol. The third kappa shape index (κ3) is 4.69. The number of carbonyl (C=O) groups excluding carboxylic acids is 2. The molecule has 2 amide bonds. The maximum absolute atomic E-state index is 12.1. The molecule has 1 heterocycles. The zero-order chi connectivity index (χ0) is 19.2. The normalized spacial score (nSPS) is 16.0. The highest BCUT2D eigenvalue weighted by Crippen LogP contribution is 2.25. The molecule has 0 saturated carbocycles. The Morgan fingerprint density at radius 2 is 1.89 bits per heavy atom. The molecule has 2 aromatic carbocycles. The molecule has 1 N–H and O–H groups in total. The summed E-state index contributed by atoms with van der Waals surface area (Å²) in [4.78, 5) is 25.8. The molecule has 0 aliphatic carbocycles. The Kier molecular flexibility index (Phi) is 5.80. The molecule has 27 heavy (non-hydrogen) atoms. The van der Waals surface area contributed by atoms with E-state index in [1.807, 2.05) is 42.5 Å². The highest BCUT2D eigenvalue weighted by molar-refractivity contribution is 5.90. The molecule has 0 spiro atoms. The molecule has 1 atom stereocenters. The minimum Gasteiger partial charge on any atom is -0.497 e. The summed E-state index contributed by atoms with van der Waals surface area (Å²) in [6.07, 6.45) is -0.578. The average Bonchev–Trinajstić information content (AvgIpc) is 3.07. The van der Waals surface area contributed by atoms with E-state index < -0.39 is 12.2 Å². The quantitative estimate of drug-likeness (QED) is 0.810. The lowest BCUT2D eigenvalue weighted by molar-refractivity contribution is -0.120. The summed E-state index contributed by atoms with van der Waals surface area (Å²) < 4.78 is 15.6. The van der Waals surface area contributed by atoms with E-state index >= 15 is 0 Å². The zero-order valence-electron chi connectivity index (χ0n) is 15.3. The number of anilines is 1. The van der Waals surface area contributed by atoms with Crippen LogP contribution in [-0.2, 0) is 16.0 Å². The standard InChI is InChI=1S/C20H22N2O5/c1-25-16-8-6-14(7-9-16)10-19(23)21-12-18-13-22(20(24)27-18)15-4-3-5-17(11-15)26-2/h3-9,11,18H,10,12-13H2,1-2H3,(H,21,23). The lowest BCUT2D eigenvalue weighted by Gasteiger charge is -2.14. The first kappa shape index (κ1) is 18.6. The Morgan fingerprint density at radius 1 is 1.15 bits per heavy atom. The van der Waals surface area contributed by atoms with Crippen LogP contribution >= 0.6 is 0 Å². The molecule has 1 aliphatic heterocycles. The van der Waals surface area contributed by atoms with Gasteiger partial charge in [-0.05, 0) is 29.8 Å². The van der Waals surface area contributed by atoms with Crippen molar-refractivity contribution in [3.05, 3.63) is 54.1 Å². The number of ether oxygens (including phenoxy) is 3. The second-order valence-electron chi connectivity index (χ2n) is 6.15. The third-order valence-electron chi connectivity index (χ3n) is 4.29. The molecule has 0 aromatic heterocycles. The minimum absolute atomic E-state index is 0.129. The van der Waals surface area contributed by atoms with Gasteiger partial charge < -0.3 is 19.5 Å². The summed E-state index contributed by atoms with van der Waals surface area (Å²) in [6, 6.07) is 14.5. The van der Waals surface area contributed by atoms with Gasteiger partial charge in [-0.3, -0.25) is 9.69 Å². The number of methoxy groups -OCH3 is 2. The summed E-state index contributed by atoms with van der Waals surface area (Å²) in [7, 11) is 3.17. The second-order valence-corrected chi connectivity index (χ2v) is 6.15. The van der Waals surface area contributed by atoms with Crippen LogP contribution in [0.2, 0.25) is 0 Å². The van der Waals surface area contributed by atoms with E-state index in [1.165, 1.54) is 4.90 Å². The lowest BCUT2D eigenvalue weighted by atomic mass is 10.1. The van der Waals surface area contributed by atoms with E-state index in [-0.39, 0.29) is 18.9 Å². The molecule has 1 fully saturated rings. The van der Waals surface area contributed by atoms with Gasteiger partial charge in [0.05, 0.1) is 39.4 Å². The maximum atomic E-state index is 12.1. The Hall–Kier alpha value is -3.22. The SMILES string of the molecule is COc1ccc(CC(=O)NCC2CN(c3cccc(OC)c3)C(=O)O2)cc1. The molecule has 1 unspecified atom stereocenters. The molecule has 1 aliphatic rings. The number of nitrogens with zero attached hydrogens (tertiary/aromatic N) is 1. The first-order chi connectivity index (χ1) is 13.1. The Balaban J connectivity index is 1.51. The van der Waals surface area contributed by atoms with Gasteiger partial charge in [-0.25, -0.2) is 4.79 Å². The van der Waals surface area contributed by atoms with Crippen molar-refractivity contribution in [3.63, 3.8) is 0 Å². The summed E-state index contributed by atoms with van der Waals surface area (Å²) in [5.74, 6) is 1.28. The third-order valence-corrected chi connectivity index (χ3v) is 4.29. The van der Waals surface area contributed by atoms with Crippen molar-refractivity contribution in [1.29, 1.82) is 0 Å². The minimum atomic E-state index is -0.433. The van der Waals surface area contributed by atoms with Crippen LogP contribution in [0.5, 0.6) is 11.5 Å². The topological polar surface area (TPSA) is 77.1 Å². The fourth-order valence-corrected chi connectivity index (χ4v) is 2.84. The van der Waals surface area contributed by atoms with Gasteiger partial charge in [0.2, 0.25) is 5.91 Å². The van der Waals surface area contributed by atoms with Gasteiger partial charge in [-0.2, -0.15) is 0 Å². The van der Waals surface area contributed by atoms with E-state index in [9.17, 15) is 9.59 Å². The Bertz CT molecular complexity index is 806. The van der Waals surface area contributed by atoms with Crippen LogP contribution in [0.4, 0.5) is 10.5 Å². The molecule has 7 heteroatoms. The number of cyclic esters (lactones) is 1. The van der Waals surface area contributed by atoms with E-state index in [0.717, 1.165) is 11.3 Å². The van der Waals surface area contributed by atoms with Crippen molar-refractivity contribution >= 4 is 17.7 Å². The van der Waals surface area contributed by atoms with Crippen LogP contribution in [0.3, 0.4) is 0 Å². The monoisotopic (exact) mass is 370 g/mol. The van der Waals surface area contributed by atoms with E-state index in [2.05, 4.69) is 5.32 Å². The van der Waals surface area contributed by atoms with Crippen molar-refractivity contribution in [2.45, 2.75) is 12.5 Å². The van der Waals surface area contributed by atoms with E-state index in [0.29, 0.717) is 18.0 Å². The van der Waals surface area contributed by atoms with Gasteiger partial charge in [0.25, 0.3) is 0 Å². The Labute approximate surface area is 157 Å². The fourth-order valence-electron chi connectivity index (χ4n) is 2.84. The number of amides is 2. The van der Waals surface area contributed by atoms with Gasteiger partial charge in [-0.1, -0.05) is 18.2 Å². The number of benzene rings is 2. The molecule has 142 valence electrons. The summed E-state index contributed by atoms with van der Waals surface area (Å²) in [6.45, 7) is 0.635. The van der Waals surface area contributed by atoms with Gasteiger partial charge in [-0.15, -0.1) is 0 Å². The summed E-state index contributed by atoms with van der Waals surface area (Å²) in [5.41, 5.74) is 1.58. The predicted molar refractivity (Wildman–Crippen MR) is 100 cm³/mol. The number of hydrogen-bond acceptors (Lipinski definition) is 5. The molecular formula is C20H22N2O5. The first-order valence-corrected chi connectivity index (χ1v) is 8.61. The van der Waals surface area contributed by atoms with Crippen LogP contribution in [-0.4, -0.2) is 45.4 Å². The van der Waals surface area contributed by atoms with Crippen molar-refractivity contribution in [1.82, 2.24) is 5.32 Å². The van der Waals surface area contributed by atoms with E-state index in [4.69, 9.17) is 14.2 Å². The average molecular weight is 370 g/mol. The van der Waals surface area contributed by atoms with Gasteiger partial charge in [0.15, 0.2) is 0 Å². The lowest BCUT2D eigenvalue weighted by Crippen LogP contribution is -2.35. The van der Waals surface area contributed by atoms with Crippen molar-refractivity contribution in [2.24, 2.45) is 0 Å². The fraction of sp³-hybridized carbons (Fsp3) is 0.300. The zero-order valence-corrected chi connectivity index (χ0v) is 15.3. The highest BCUT2D eigenvalue weighted by Gasteiger charge is 2.32. The van der Waals surface area contributed by atoms with Crippen LogP contribution in [0, 0.1) is 0 Å². The van der Waals surface area contributed by atoms with Crippen LogP contribution in [0.25, 0.3) is 0 Å². The smallest absolute Gasteiger partial charge is 0.414 e. The molecule has 3 rings (SSSR count). The largest absolute Gasteiger partial charge is 0.497 e. The highest BCUT2D eigenvalue weighted by atomic mass is 16.6. The predicted octanol–water partition coefficient (Wildman–Crippen LogP) is 2.39. The molecule has 2 aromatic rings. The van der Waals surface area contributed by atoms with Crippen LogP contribution in [0.1, 0.15) is 5.56 Å². The van der Waals surface area contributed by atoms with Crippen LogP contribution in [0.15, 0.2) is 48.5 Å². The van der Waals surface area contributed by atoms with Gasteiger partial charge in [0, 0.05) is 6.07 Å². The van der Waals surface area contributed by atoms with Crippen molar-refractivity contribution < 1.29 is 23.8 Å². The molecule has 0 radical (unpaired) electrons. The van der Waals surface area contributed by atoms with Crippen molar-refractivity contribution in [3.8, 4) is 11.5 Å². The Morgan fingerprint density at radius 3 is 2.59 bits per heavy atom. The van der Waals surface area contributed by atoms with Gasteiger partial charge >= 0.3 is 6.09 Å². The number of carbonyl (C=O) groups is 2. The molecule has 0 bridgehead atoms. The molecule has 1 saturated heterocycles. The maximum Gasteiger partial charge on any atom is 0.414 e. The number of nitrogens with one attached hydrogen (secondary N) is 1. The summed E-state index contributed by atoms with van der Waals surface area (Å²) in [5, 5.41) is 2.82. The van der Waals surface area contributed by atoms with Crippen molar-refractivity contribution in [2.75, 3.05) is 32.2 Å². The number of hydrogen-bond donors (Lipinski definition) is 1. The first-order valence-electron chi connectivity index (χ1n) is 8.61.